The van der Waals surface area contributed by atoms with Gasteiger partial charge < -0.3 is 10.2 Å². The van der Waals surface area contributed by atoms with E-state index < -0.39 is 10.0 Å². The van der Waals surface area contributed by atoms with Crippen LogP contribution in [0.1, 0.15) is 10.6 Å². The molecular formula is C9H11N3O3S2. The number of thiazole rings is 1. The zero-order chi connectivity index (χ0) is 12.5. The van der Waals surface area contributed by atoms with Gasteiger partial charge >= 0.3 is 0 Å². The summed E-state index contributed by atoms with van der Waals surface area (Å²) in [5, 5.41) is 0.152. The number of rotatable bonds is 4. The molecule has 2 heterocycles. The third kappa shape index (κ3) is 2.65. The summed E-state index contributed by atoms with van der Waals surface area (Å²) >= 11 is 1.25. The third-order valence-corrected chi connectivity index (χ3v) is 4.11. The maximum atomic E-state index is 11.9. The van der Waals surface area contributed by atoms with E-state index in [4.69, 9.17) is 10.2 Å². The standard InChI is InChI=1S/C9H11N3O3S2/c1-6-5-11-9(16-6)12-17(13,14)8-3-2-7(4-10)15-8/h2-3,5H,4,10H2,1H3,(H,11,12). The molecule has 0 aliphatic heterocycles. The Hall–Kier alpha value is -1.38. The van der Waals surface area contributed by atoms with Crippen LogP contribution in [0.2, 0.25) is 0 Å². The van der Waals surface area contributed by atoms with Crippen LogP contribution >= 0.6 is 11.3 Å². The lowest BCUT2D eigenvalue weighted by Gasteiger charge is -2.00. The van der Waals surface area contributed by atoms with E-state index in [0.717, 1.165) is 4.88 Å². The average molecular weight is 273 g/mol. The summed E-state index contributed by atoms with van der Waals surface area (Å²) in [7, 11) is -3.71. The highest BCUT2D eigenvalue weighted by molar-refractivity contribution is 7.92. The Morgan fingerprint density at radius 1 is 1.53 bits per heavy atom. The lowest BCUT2D eigenvalue weighted by Crippen LogP contribution is -2.11. The minimum atomic E-state index is -3.71. The van der Waals surface area contributed by atoms with Crippen LogP contribution in [0, 0.1) is 6.92 Å². The molecule has 0 amide bonds. The average Bonchev–Trinajstić information content (AvgIpc) is 2.86. The smallest absolute Gasteiger partial charge is 0.297 e. The minimum absolute atomic E-state index is 0.159. The third-order valence-electron chi connectivity index (χ3n) is 1.95. The van der Waals surface area contributed by atoms with Crippen LogP contribution in [0.4, 0.5) is 5.13 Å². The second-order valence-electron chi connectivity index (χ2n) is 3.31. The molecule has 0 fully saturated rings. The van der Waals surface area contributed by atoms with Crippen molar-refractivity contribution in [2.24, 2.45) is 5.73 Å². The molecule has 92 valence electrons. The quantitative estimate of drug-likeness (QED) is 0.875. The number of anilines is 1. The minimum Gasteiger partial charge on any atom is -0.446 e. The molecule has 0 saturated carbocycles. The normalized spacial score (nSPS) is 11.6. The topological polar surface area (TPSA) is 98.2 Å². The van der Waals surface area contributed by atoms with E-state index in [-0.39, 0.29) is 11.6 Å². The molecule has 2 aromatic rings. The van der Waals surface area contributed by atoms with E-state index in [1.54, 1.807) is 6.20 Å². The molecule has 0 saturated heterocycles. The van der Waals surface area contributed by atoms with E-state index in [0.29, 0.717) is 10.9 Å². The molecule has 0 aromatic carbocycles. The molecule has 0 bridgehead atoms. The summed E-state index contributed by atoms with van der Waals surface area (Å²) in [5.74, 6) is 0.417. The van der Waals surface area contributed by atoms with E-state index in [1.165, 1.54) is 23.5 Å². The highest BCUT2D eigenvalue weighted by Crippen LogP contribution is 2.21. The Bertz CT molecular complexity index is 615. The Kier molecular flexibility index (Phi) is 3.18. The van der Waals surface area contributed by atoms with Gasteiger partial charge in [-0.2, -0.15) is 8.42 Å². The van der Waals surface area contributed by atoms with Crippen molar-refractivity contribution >= 4 is 26.5 Å². The van der Waals surface area contributed by atoms with E-state index in [2.05, 4.69) is 9.71 Å². The molecule has 0 aliphatic carbocycles. The van der Waals surface area contributed by atoms with Gasteiger partial charge in [-0.3, -0.25) is 4.72 Å². The molecule has 6 nitrogen and oxygen atoms in total. The SMILES string of the molecule is Cc1cnc(NS(=O)(=O)c2ccc(CN)o2)s1. The number of furan rings is 1. The van der Waals surface area contributed by atoms with E-state index in [1.807, 2.05) is 6.92 Å². The highest BCUT2D eigenvalue weighted by Gasteiger charge is 2.19. The number of sulfonamides is 1. The second-order valence-corrected chi connectivity index (χ2v) is 6.15. The largest absolute Gasteiger partial charge is 0.446 e. The fraction of sp³-hybridized carbons (Fsp3) is 0.222. The maximum absolute atomic E-state index is 11.9. The Morgan fingerprint density at radius 2 is 2.29 bits per heavy atom. The van der Waals surface area contributed by atoms with Crippen molar-refractivity contribution in [3.8, 4) is 0 Å². The van der Waals surface area contributed by atoms with Crippen LogP contribution in [0.5, 0.6) is 0 Å². The number of hydrogen-bond donors (Lipinski definition) is 2. The number of aromatic nitrogens is 1. The first-order valence-electron chi connectivity index (χ1n) is 4.75. The number of hydrogen-bond acceptors (Lipinski definition) is 6. The van der Waals surface area contributed by atoms with Crippen LogP contribution in [-0.4, -0.2) is 13.4 Å². The lowest BCUT2D eigenvalue weighted by atomic mass is 10.5. The predicted molar refractivity (Wildman–Crippen MR) is 64.3 cm³/mol. The summed E-state index contributed by atoms with van der Waals surface area (Å²) < 4.78 is 31.1. The maximum Gasteiger partial charge on any atom is 0.297 e. The van der Waals surface area contributed by atoms with Crippen molar-refractivity contribution in [3.05, 3.63) is 29.0 Å². The highest BCUT2D eigenvalue weighted by atomic mass is 32.2. The van der Waals surface area contributed by atoms with Gasteiger partial charge in [-0.05, 0) is 19.1 Å². The number of nitrogens with one attached hydrogen (secondary N) is 1. The molecule has 2 rings (SSSR count). The molecule has 0 unspecified atom stereocenters. The van der Waals surface area contributed by atoms with Crippen molar-refractivity contribution in [1.82, 2.24) is 4.98 Å². The van der Waals surface area contributed by atoms with Gasteiger partial charge in [0.2, 0.25) is 5.09 Å². The first-order valence-corrected chi connectivity index (χ1v) is 7.05. The van der Waals surface area contributed by atoms with Crippen molar-refractivity contribution in [1.29, 1.82) is 0 Å². The Balaban J connectivity index is 2.24. The van der Waals surface area contributed by atoms with E-state index in [9.17, 15) is 8.42 Å². The fourth-order valence-corrected chi connectivity index (χ4v) is 3.04. The first kappa shape index (κ1) is 12.1. The van der Waals surface area contributed by atoms with Gasteiger partial charge in [0.25, 0.3) is 10.0 Å². The summed E-state index contributed by atoms with van der Waals surface area (Å²) in [4.78, 5) is 4.84. The van der Waals surface area contributed by atoms with Crippen molar-refractivity contribution < 1.29 is 12.8 Å². The fourth-order valence-electron chi connectivity index (χ4n) is 1.18. The lowest BCUT2D eigenvalue weighted by molar-refractivity contribution is 0.417. The van der Waals surface area contributed by atoms with Crippen molar-refractivity contribution in [2.75, 3.05) is 4.72 Å². The molecule has 3 N–H and O–H groups in total. The van der Waals surface area contributed by atoms with Gasteiger partial charge in [0.1, 0.15) is 5.76 Å². The molecule has 2 aromatic heterocycles. The Morgan fingerprint density at radius 3 is 2.82 bits per heavy atom. The first-order chi connectivity index (χ1) is 8.01. The van der Waals surface area contributed by atoms with Gasteiger partial charge in [-0.25, -0.2) is 4.98 Å². The van der Waals surface area contributed by atoms with Crippen LogP contribution < -0.4 is 10.5 Å². The Labute approximate surface area is 103 Å². The molecule has 0 radical (unpaired) electrons. The zero-order valence-corrected chi connectivity index (χ0v) is 10.6. The van der Waals surface area contributed by atoms with Crippen LogP contribution in [0.25, 0.3) is 0 Å². The van der Waals surface area contributed by atoms with Crippen LogP contribution in [0.15, 0.2) is 27.8 Å². The number of nitrogens with two attached hydrogens (primary N) is 1. The van der Waals surface area contributed by atoms with Gasteiger partial charge in [0, 0.05) is 11.1 Å². The summed E-state index contributed by atoms with van der Waals surface area (Å²) in [6.07, 6.45) is 1.59. The van der Waals surface area contributed by atoms with Crippen molar-refractivity contribution in [2.45, 2.75) is 18.6 Å². The molecule has 8 heteroatoms. The number of nitrogens with zero attached hydrogens (tertiary/aromatic N) is 1. The van der Waals surface area contributed by atoms with Gasteiger partial charge in [0.15, 0.2) is 5.13 Å². The van der Waals surface area contributed by atoms with E-state index >= 15 is 0 Å². The molecule has 17 heavy (non-hydrogen) atoms. The van der Waals surface area contributed by atoms with Gasteiger partial charge in [-0.1, -0.05) is 0 Å². The summed E-state index contributed by atoms with van der Waals surface area (Å²) in [5.41, 5.74) is 5.34. The number of aryl methyl sites for hydroxylation is 1. The van der Waals surface area contributed by atoms with Gasteiger partial charge in [0.05, 0.1) is 6.54 Å². The summed E-state index contributed by atoms with van der Waals surface area (Å²) in [6, 6.07) is 2.90. The molecular weight excluding hydrogens is 262 g/mol. The van der Waals surface area contributed by atoms with Crippen LogP contribution in [0.3, 0.4) is 0 Å². The van der Waals surface area contributed by atoms with Gasteiger partial charge in [-0.15, -0.1) is 11.3 Å². The monoisotopic (exact) mass is 273 g/mol. The van der Waals surface area contributed by atoms with Crippen molar-refractivity contribution in [3.63, 3.8) is 0 Å². The zero-order valence-electron chi connectivity index (χ0n) is 9.00. The molecule has 0 spiro atoms. The second kappa shape index (κ2) is 4.47. The van der Waals surface area contributed by atoms with Crippen LogP contribution in [-0.2, 0) is 16.6 Å². The summed E-state index contributed by atoms with van der Waals surface area (Å²) in [6.45, 7) is 2.00. The molecule has 0 atom stereocenters. The predicted octanol–water partition coefficient (Wildman–Crippen LogP) is 1.30. The molecule has 0 aliphatic rings.